The van der Waals surface area contributed by atoms with Gasteiger partial charge in [0.25, 0.3) is 11.8 Å². The van der Waals surface area contributed by atoms with Crippen LogP contribution < -0.4 is 10.2 Å². The number of nitrogens with one attached hydrogen (secondary N) is 1. The van der Waals surface area contributed by atoms with Crippen molar-refractivity contribution in [2.75, 3.05) is 11.4 Å². The van der Waals surface area contributed by atoms with Crippen LogP contribution in [0.3, 0.4) is 0 Å². The molecule has 1 N–H and O–H groups in total. The highest BCUT2D eigenvalue weighted by Crippen LogP contribution is 2.18. The molecule has 28 heavy (non-hydrogen) atoms. The summed E-state index contributed by atoms with van der Waals surface area (Å²) >= 11 is 0. The van der Waals surface area contributed by atoms with E-state index < -0.39 is 0 Å². The van der Waals surface area contributed by atoms with Gasteiger partial charge in [-0.25, -0.2) is 0 Å². The highest BCUT2D eigenvalue weighted by Gasteiger charge is 2.18. The predicted molar refractivity (Wildman–Crippen MR) is 108 cm³/mol. The fraction of sp³-hybridized carbons (Fsp3) is 0.182. The number of pyridine rings is 2. The molecule has 0 aliphatic rings. The Kier molecular flexibility index (Phi) is 6.11. The molecule has 0 radical (unpaired) electrons. The average Bonchev–Trinajstić information content (AvgIpc) is 2.73. The van der Waals surface area contributed by atoms with Gasteiger partial charge in [0.05, 0.1) is 12.2 Å². The van der Waals surface area contributed by atoms with Gasteiger partial charge in [-0.2, -0.15) is 0 Å². The summed E-state index contributed by atoms with van der Waals surface area (Å²) in [6.07, 6.45) is 3.15. The number of benzene rings is 1. The fourth-order valence-electron chi connectivity index (χ4n) is 2.85. The van der Waals surface area contributed by atoms with Gasteiger partial charge < -0.3 is 10.2 Å². The van der Waals surface area contributed by atoms with Gasteiger partial charge >= 0.3 is 0 Å². The Bertz CT molecular complexity index is 973. The Labute approximate surface area is 164 Å². The summed E-state index contributed by atoms with van der Waals surface area (Å²) < 4.78 is 0. The van der Waals surface area contributed by atoms with Crippen LogP contribution in [-0.2, 0) is 6.54 Å². The molecule has 0 saturated heterocycles. The SMILES string of the molecule is CCN(C(=O)c1ccnc(C(=O)NCc2ccccn2)c1)c1cccc(C)c1. The standard InChI is InChI=1S/C22H22N4O2/c1-3-26(19-9-6-7-16(2)13-19)22(28)17-10-12-24-20(14-17)21(27)25-15-18-8-4-5-11-23-18/h4-14H,3,15H2,1-2H3,(H,25,27). The minimum atomic E-state index is -0.348. The quantitative estimate of drug-likeness (QED) is 0.718. The molecule has 0 spiro atoms. The van der Waals surface area contributed by atoms with Gasteiger partial charge in [0.15, 0.2) is 0 Å². The first-order chi connectivity index (χ1) is 13.6. The van der Waals surface area contributed by atoms with Gasteiger partial charge in [-0.05, 0) is 55.8 Å². The van der Waals surface area contributed by atoms with Crippen LogP contribution in [-0.4, -0.2) is 28.3 Å². The van der Waals surface area contributed by atoms with E-state index in [1.807, 2.05) is 56.3 Å². The van der Waals surface area contributed by atoms with Crippen molar-refractivity contribution in [1.29, 1.82) is 0 Å². The first kappa shape index (κ1) is 19.2. The third-order valence-electron chi connectivity index (χ3n) is 4.27. The highest BCUT2D eigenvalue weighted by molar-refractivity contribution is 6.07. The summed E-state index contributed by atoms with van der Waals surface area (Å²) in [4.78, 5) is 35.4. The summed E-state index contributed by atoms with van der Waals surface area (Å²) in [6, 6.07) is 16.4. The average molecular weight is 374 g/mol. The fourth-order valence-corrected chi connectivity index (χ4v) is 2.85. The maximum absolute atomic E-state index is 13.0. The highest BCUT2D eigenvalue weighted by atomic mass is 16.2. The number of anilines is 1. The van der Waals surface area contributed by atoms with Crippen molar-refractivity contribution in [1.82, 2.24) is 15.3 Å². The molecule has 1 aromatic carbocycles. The van der Waals surface area contributed by atoms with Crippen molar-refractivity contribution in [3.63, 3.8) is 0 Å². The van der Waals surface area contributed by atoms with E-state index in [0.717, 1.165) is 16.9 Å². The molecular formula is C22H22N4O2. The summed E-state index contributed by atoms with van der Waals surface area (Å²) in [6.45, 7) is 4.72. The van der Waals surface area contributed by atoms with Crippen molar-refractivity contribution >= 4 is 17.5 Å². The molecule has 0 aliphatic carbocycles. The molecule has 0 fully saturated rings. The van der Waals surface area contributed by atoms with Gasteiger partial charge in [-0.15, -0.1) is 0 Å². The Balaban J connectivity index is 1.76. The van der Waals surface area contributed by atoms with Crippen LogP contribution in [0.2, 0.25) is 0 Å². The molecule has 2 heterocycles. The van der Waals surface area contributed by atoms with E-state index in [2.05, 4.69) is 15.3 Å². The Morgan fingerprint density at radius 3 is 2.57 bits per heavy atom. The number of aromatic nitrogens is 2. The Morgan fingerprint density at radius 1 is 1.00 bits per heavy atom. The second-order valence-corrected chi connectivity index (χ2v) is 6.32. The molecule has 3 rings (SSSR count). The molecule has 0 saturated carbocycles. The van der Waals surface area contributed by atoms with Crippen molar-refractivity contribution in [3.05, 3.63) is 89.5 Å². The number of carbonyl (C=O) groups excluding carboxylic acids is 2. The number of carbonyl (C=O) groups is 2. The second-order valence-electron chi connectivity index (χ2n) is 6.32. The largest absolute Gasteiger partial charge is 0.345 e. The molecule has 142 valence electrons. The monoisotopic (exact) mass is 374 g/mol. The van der Waals surface area contributed by atoms with Crippen LogP contribution in [0.4, 0.5) is 5.69 Å². The predicted octanol–water partition coefficient (Wildman–Crippen LogP) is 3.38. The molecule has 6 heteroatoms. The smallest absolute Gasteiger partial charge is 0.270 e. The van der Waals surface area contributed by atoms with Gasteiger partial charge in [-0.3, -0.25) is 19.6 Å². The first-order valence-corrected chi connectivity index (χ1v) is 9.11. The van der Waals surface area contributed by atoms with E-state index in [1.165, 1.54) is 12.3 Å². The number of hydrogen-bond acceptors (Lipinski definition) is 4. The van der Waals surface area contributed by atoms with Gasteiger partial charge in [-0.1, -0.05) is 18.2 Å². The van der Waals surface area contributed by atoms with E-state index in [-0.39, 0.29) is 17.5 Å². The number of amides is 2. The van der Waals surface area contributed by atoms with Crippen molar-refractivity contribution in [2.45, 2.75) is 20.4 Å². The maximum atomic E-state index is 13.0. The van der Waals surface area contributed by atoms with Gasteiger partial charge in [0.2, 0.25) is 0 Å². The number of rotatable bonds is 6. The molecule has 0 unspecified atom stereocenters. The summed E-state index contributed by atoms with van der Waals surface area (Å²) in [5, 5.41) is 2.77. The lowest BCUT2D eigenvalue weighted by atomic mass is 10.1. The van der Waals surface area contributed by atoms with E-state index in [0.29, 0.717) is 18.7 Å². The van der Waals surface area contributed by atoms with Crippen LogP contribution in [0.15, 0.2) is 67.0 Å². The van der Waals surface area contributed by atoms with Crippen molar-refractivity contribution in [2.24, 2.45) is 0 Å². The molecule has 3 aromatic rings. The lowest BCUT2D eigenvalue weighted by Gasteiger charge is -2.21. The molecule has 6 nitrogen and oxygen atoms in total. The minimum Gasteiger partial charge on any atom is -0.345 e. The Morgan fingerprint density at radius 2 is 1.86 bits per heavy atom. The summed E-state index contributed by atoms with van der Waals surface area (Å²) in [5.41, 5.74) is 3.27. The lowest BCUT2D eigenvalue weighted by molar-refractivity contribution is 0.0945. The maximum Gasteiger partial charge on any atom is 0.270 e. The van der Waals surface area contributed by atoms with Crippen molar-refractivity contribution in [3.8, 4) is 0 Å². The number of aryl methyl sites for hydroxylation is 1. The minimum absolute atomic E-state index is 0.172. The summed E-state index contributed by atoms with van der Waals surface area (Å²) in [7, 11) is 0. The third kappa shape index (κ3) is 4.59. The van der Waals surface area contributed by atoms with Gasteiger partial charge in [0, 0.05) is 30.2 Å². The molecule has 2 aromatic heterocycles. The first-order valence-electron chi connectivity index (χ1n) is 9.11. The molecule has 0 aliphatic heterocycles. The Hall–Kier alpha value is -3.54. The van der Waals surface area contributed by atoms with E-state index in [4.69, 9.17) is 0 Å². The van der Waals surface area contributed by atoms with Crippen LogP contribution in [0.5, 0.6) is 0 Å². The zero-order valence-electron chi connectivity index (χ0n) is 15.9. The molecular weight excluding hydrogens is 352 g/mol. The van der Waals surface area contributed by atoms with E-state index in [9.17, 15) is 9.59 Å². The van der Waals surface area contributed by atoms with Crippen LogP contribution in [0.1, 0.15) is 39.0 Å². The topological polar surface area (TPSA) is 75.2 Å². The normalized spacial score (nSPS) is 10.4. The second kappa shape index (κ2) is 8.90. The van der Waals surface area contributed by atoms with E-state index >= 15 is 0 Å². The molecule has 0 atom stereocenters. The molecule has 0 bridgehead atoms. The third-order valence-corrected chi connectivity index (χ3v) is 4.27. The van der Waals surface area contributed by atoms with Crippen LogP contribution in [0, 0.1) is 6.92 Å². The number of hydrogen-bond donors (Lipinski definition) is 1. The summed E-state index contributed by atoms with van der Waals surface area (Å²) in [5.74, 6) is -0.520. The van der Waals surface area contributed by atoms with Crippen molar-refractivity contribution < 1.29 is 9.59 Å². The zero-order chi connectivity index (χ0) is 19.9. The van der Waals surface area contributed by atoms with E-state index in [1.54, 1.807) is 17.2 Å². The zero-order valence-corrected chi connectivity index (χ0v) is 15.9. The molecule has 2 amide bonds. The van der Waals surface area contributed by atoms with Crippen LogP contribution >= 0.6 is 0 Å². The van der Waals surface area contributed by atoms with Crippen LogP contribution in [0.25, 0.3) is 0 Å². The lowest BCUT2D eigenvalue weighted by Crippen LogP contribution is -2.31. The van der Waals surface area contributed by atoms with Gasteiger partial charge in [0.1, 0.15) is 5.69 Å². The number of nitrogens with zero attached hydrogens (tertiary/aromatic N) is 3.